The first kappa shape index (κ1) is 13.3. The first-order chi connectivity index (χ1) is 9.69. The van der Waals surface area contributed by atoms with Crippen LogP contribution in [0.1, 0.15) is 30.0 Å². The highest BCUT2D eigenvalue weighted by atomic mass is 16.5. The molecule has 2 aromatic rings. The smallest absolute Gasteiger partial charge is 0.126 e. The van der Waals surface area contributed by atoms with Crippen LogP contribution in [0.3, 0.4) is 0 Å². The van der Waals surface area contributed by atoms with E-state index in [0.717, 1.165) is 31.2 Å². The fraction of sp³-hybridized carbons (Fsp3) is 0.571. The van der Waals surface area contributed by atoms with Crippen LogP contribution in [0.2, 0.25) is 0 Å². The monoisotopic (exact) mass is 275 g/mol. The molecule has 1 aliphatic heterocycles. The minimum Gasteiger partial charge on any atom is -0.378 e. The molecule has 0 radical (unpaired) electrons. The normalized spacial score (nSPS) is 19.2. The van der Waals surface area contributed by atoms with Crippen molar-refractivity contribution in [3.63, 3.8) is 0 Å². The van der Waals surface area contributed by atoms with Crippen molar-refractivity contribution in [1.29, 1.82) is 0 Å². The molecule has 3 rings (SSSR count). The van der Waals surface area contributed by atoms with Gasteiger partial charge in [0.25, 0.3) is 0 Å². The second-order valence-corrected chi connectivity index (χ2v) is 5.36. The number of ether oxygens (including phenoxy) is 1. The molecule has 3 heterocycles. The molecule has 20 heavy (non-hydrogen) atoms. The van der Waals surface area contributed by atoms with Gasteiger partial charge in [-0.15, -0.1) is 0 Å². The number of fused-ring (bicyclic) bond motifs is 1. The highest BCUT2D eigenvalue weighted by Crippen LogP contribution is 2.26. The Kier molecular flexibility index (Phi) is 3.58. The molecule has 0 bridgehead atoms. The van der Waals surface area contributed by atoms with Crippen molar-refractivity contribution in [2.75, 3.05) is 13.7 Å². The minimum absolute atomic E-state index is 0.314. The van der Waals surface area contributed by atoms with E-state index in [1.54, 1.807) is 7.11 Å². The van der Waals surface area contributed by atoms with Gasteiger partial charge in [-0.1, -0.05) is 0 Å². The minimum atomic E-state index is 0.314. The van der Waals surface area contributed by atoms with Crippen molar-refractivity contribution in [3.05, 3.63) is 35.7 Å². The quantitative estimate of drug-likeness (QED) is 0.845. The van der Waals surface area contributed by atoms with Gasteiger partial charge in [0.1, 0.15) is 5.82 Å². The Morgan fingerprint density at radius 2 is 2.20 bits per heavy atom. The third kappa shape index (κ3) is 2.36. The molecule has 1 aliphatic rings. The molecule has 0 spiro atoms. The number of hydrogen-bond acceptors (Lipinski definition) is 4. The molecule has 0 aliphatic carbocycles. The molecule has 0 fully saturated rings. The predicted molar refractivity (Wildman–Crippen MR) is 75.0 cm³/mol. The molecule has 6 heteroatoms. The van der Waals surface area contributed by atoms with Crippen LogP contribution in [0, 0.1) is 0 Å². The fourth-order valence-electron chi connectivity index (χ4n) is 2.87. The van der Waals surface area contributed by atoms with E-state index in [9.17, 15) is 0 Å². The summed E-state index contributed by atoms with van der Waals surface area (Å²) in [5.74, 6) is 1.13. The molecule has 6 nitrogen and oxygen atoms in total. The lowest BCUT2D eigenvalue weighted by Gasteiger charge is -2.34. The van der Waals surface area contributed by atoms with Crippen molar-refractivity contribution in [2.24, 2.45) is 7.05 Å². The Hall–Kier alpha value is -1.66. The molecule has 0 N–H and O–H groups in total. The lowest BCUT2D eigenvalue weighted by molar-refractivity contribution is 0.143. The molecule has 0 amide bonds. The van der Waals surface area contributed by atoms with Gasteiger partial charge in [-0.2, -0.15) is 5.10 Å². The van der Waals surface area contributed by atoms with E-state index in [1.807, 2.05) is 24.1 Å². The second-order valence-electron chi connectivity index (χ2n) is 5.36. The van der Waals surface area contributed by atoms with E-state index < -0.39 is 0 Å². The fourth-order valence-corrected chi connectivity index (χ4v) is 2.87. The van der Waals surface area contributed by atoms with E-state index in [2.05, 4.69) is 32.7 Å². The van der Waals surface area contributed by atoms with Crippen LogP contribution >= 0.6 is 0 Å². The largest absolute Gasteiger partial charge is 0.378 e. The zero-order chi connectivity index (χ0) is 14.1. The number of methoxy groups -OCH3 is 1. The van der Waals surface area contributed by atoms with E-state index in [0.29, 0.717) is 12.6 Å². The van der Waals surface area contributed by atoms with E-state index >= 15 is 0 Å². The number of nitrogens with zero attached hydrogens (tertiary/aromatic N) is 5. The number of aromatic nitrogens is 4. The standard InChI is InChI=1S/C14H21N5O/c1-11-14-15-7-13(10-20-3)19(14)5-4-18(11)9-12-6-16-17(2)8-12/h6-8,11H,4-5,9-10H2,1-3H3. The van der Waals surface area contributed by atoms with Crippen LogP contribution in [0.4, 0.5) is 0 Å². The summed E-state index contributed by atoms with van der Waals surface area (Å²) in [4.78, 5) is 7.01. The molecule has 0 aromatic carbocycles. The van der Waals surface area contributed by atoms with Crippen molar-refractivity contribution in [1.82, 2.24) is 24.2 Å². The number of hydrogen-bond donors (Lipinski definition) is 0. The SMILES string of the molecule is COCc1cnc2n1CCN(Cc1cnn(C)c1)C2C. The molecule has 0 saturated carbocycles. The molecule has 108 valence electrons. The molecule has 2 aromatic heterocycles. The van der Waals surface area contributed by atoms with Crippen LogP contribution < -0.4 is 0 Å². The first-order valence-corrected chi connectivity index (χ1v) is 6.94. The Labute approximate surface area is 119 Å². The lowest BCUT2D eigenvalue weighted by atomic mass is 10.2. The predicted octanol–water partition coefficient (Wildman–Crippen LogP) is 1.34. The van der Waals surface area contributed by atoms with Gasteiger partial charge in [-0.3, -0.25) is 9.58 Å². The van der Waals surface area contributed by atoms with Crippen molar-refractivity contribution in [2.45, 2.75) is 32.7 Å². The van der Waals surface area contributed by atoms with Crippen LogP contribution in [-0.4, -0.2) is 37.9 Å². The molecular weight excluding hydrogens is 254 g/mol. The Bertz CT molecular complexity index is 588. The Balaban J connectivity index is 1.77. The Morgan fingerprint density at radius 1 is 1.35 bits per heavy atom. The van der Waals surface area contributed by atoms with E-state index in [1.165, 1.54) is 5.56 Å². The maximum Gasteiger partial charge on any atom is 0.126 e. The summed E-state index contributed by atoms with van der Waals surface area (Å²) in [6.07, 6.45) is 5.94. The molecular formula is C14H21N5O. The van der Waals surface area contributed by atoms with Crippen LogP contribution in [-0.2, 0) is 31.5 Å². The van der Waals surface area contributed by atoms with Crippen LogP contribution in [0.25, 0.3) is 0 Å². The van der Waals surface area contributed by atoms with E-state index in [4.69, 9.17) is 4.74 Å². The molecule has 0 saturated heterocycles. The van der Waals surface area contributed by atoms with Gasteiger partial charge < -0.3 is 9.30 Å². The summed E-state index contributed by atoms with van der Waals surface area (Å²) in [6, 6.07) is 0.314. The summed E-state index contributed by atoms with van der Waals surface area (Å²) >= 11 is 0. The van der Waals surface area contributed by atoms with Crippen molar-refractivity contribution in [3.8, 4) is 0 Å². The topological polar surface area (TPSA) is 48.1 Å². The highest BCUT2D eigenvalue weighted by molar-refractivity contribution is 5.12. The summed E-state index contributed by atoms with van der Waals surface area (Å²) in [5, 5.41) is 4.23. The number of imidazole rings is 1. The summed E-state index contributed by atoms with van der Waals surface area (Å²) in [5.41, 5.74) is 2.41. The summed E-state index contributed by atoms with van der Waals surface area (Å²) < 4.78 is 9.36. The molecule has 1 unspecified atom stereocenters. The van der Waals surface area contributed by atoms with Gasteiger partial charge in [-0.25, -0.2) is 4.98 Å². The summed E-state index contributed by atoms with van der Waals surface area (Å²) in [7, 11) is 3.67. The zero-order valence-electron chi connectivity index (χ0n) is 12.3. The highest BCUT2D eigenvalue weighted by Gasteiger charge is 2.27. The Morgan fingerprint density at radius 3 is 2.90 bits per heavy atom. The lowest BCUT2D eigenvalue weighted by Crippen LogP contribution is -2.37. The van der Waals surface area contributed by atoms with Crippen molar-refractivity contribution >= 4 is 0 Å². The van der Waals surface area contributed by atoms with E-state index in [-0.39, 0.29) is 0 Å². The van der Waals surface area contributed by atoms with Crippen molar-refractivity contribution < 1.29 is 4.74 Å². The van der Waals surface area contributed by atoms with Gasteiger partial charge in [0.15, 0.2) is 0 Å². The number of rotatable bonds is 4. The first-order valence-electron chi connectivity index (χ1n) is 6.94. The average Bonchev–Trinajstić information content (AvgIpc) is 3.01. The maximum absolute atomic E-state index is 5.23. The third-order valence-corrected chi connectivity index (χ3v) is 3.94. The third-order valence-electron chi connectivity index (χ3n) is 3.94. The second kappa shape index (κ2) is 5.38. The van der Waals surface area contributed by atoms with Gasteiger partial charge >= 0.3 is 0 Å². The van der Waals surface area contributed by atoms with Gasteiger partial charge in [-0.05, 0) is 6.92 Å². The zero-order valence-corrected chi connectivity index (χ0v) is 12.3. The van der Waals surface area contributed by atoms with Gasteiger partial charge in [0.2, 0.25) is 0 Å². The molecule has 1 atom stereocenters. The average molecular weight is 275 g/mol. The number of aryl methyl sites for hydroxylation is 1. The summed E-state index contributed by atoms with van der Waals surface area (Å²) in [6.45, 7) is 5.75. The van der Waals surface area contributed by atoms with Crippen LogP contribution in [0.15, 0.2) is 18.6 Å². The maximum atomic E-state index is 5.23. The van der Waals surface area contributed by atoms with Gasteiger partial charge in [0, 0.05) is 45.6 Å². The van der Waals surface area contributed by atoms with Gasteiger partial charge in [0.05, 0.1) is 30.7 Å². The van der Waals surface area contributed by atoms with Crippen LogP contribution in [0.5, 0.6) is 0 Å².